The summed E-state index contributed by atoms with van der Waals surface area (Å²) in [7, 11) is 1.41. The summed E-state index contributed by atoms with van der Waals surface area (Å²) in [6.07, 6.45) is 0. The highest BCUT2D eigenvalue weighted by molar-refractivity contribution is 6.28. The monoisotopic (exact) mass is 279 g/mol. The summed E-state index contributed by atoms with van der Waals surface area (Å²) in [6, 6.07) is 6.33. The third-order valence-electron chi connectivity index (χ3n) is 2.49. The highest BCUT2D eigenvalue weighted by Gasteiger charge is 2.14. The number of halogens is 2. The third-order valence-corrected chi connectivity index (χ3v) is 2.66. The van der Waals surface area contributed by atoms with Gasteiger partial charge >= 0.3 is 6.01 Å². The van der Waals surface area contributed by atoms with E-state index in [2.05, 4.69) is 15.0 Å². The molecule has 2 heterocycles. The summed E-state index contributed by atoms with van der Waals surface area (Å²) in [5, 5.41) is 0.591. The Labute approximate surface area is 112 Å². The van der Waals surface area contributed by atoms with E-state index in [0.717, 1.165) is 0 Å². The minimum absolute atomic E-state index is 0.0252. The molecule has 2 aromatic heterocycles. The Morgan fingerprint density at radius 2 is 2.11 bits per heavy atom. The summed E-state index contributed by atoms with van der Waals surface area (Å²) in [6.45, 7) is 0. The minimum Gasteiger partial charge on any atom is -0.467 e. The number of rotatable bonds is 2. The van der Waals surface area contributed by atoms with Gasteiger partial charge < -0.3 is 9.15 Å². The molecule has 1 aromatic carbocycles. The molecule has 0 saturated carbocycles. The van der Waals surface area contributed by atoms with Crippen LogP contribution in [0.1, 0.15) is 0 Å². The molecular formula is C12H7ClFN3O2. The zero-order valence-electron chi connectivity index (χ0n) is 9.72. The first-order valence-electron chi connectivity index (χ1n) is 5.31. The summed E-state index contributed by atoms with van der Waals surface area (Å²) in [5.74, 6) is 0.0334. The number of hydrogen-bond donors (Lipinski definition) is 0. The van der Waals surface area contributed by atoms with Gasteiger partial charge in [0.15, 0.2) is 17.2 Å². The molecule has 19 heavy (non-hydrogen) atoms. The summed E-state index contributed by atoms with van der Waals surface area (Å²) in [5.41, 5.74) is 0.146. The maximum Gasteiger partial charge on any atom is 0.321 e. The van der Waals surface area contributed by atoms with Crippen molar-refractivity contribution in [2.75, 3.05) is 7.11 Å². The highest BCUT2D eigenvalue weighted by atomic mass is 35.5. The van der Waals surface area contributed by atoms with Crippen LogP contribution in [0.2, 0.25) is 5.28 Å². The van der Waals surface area contributed by atoms with E-state index in [4.69, 9.17) is 20.8 Å². The van der Waals surface area contributed by atoms with Gasteiger partial charge in [0.25, 0.3) is 0 Å². The average molecular weight is 280 g/mol. The van der Waals surface area contributed by atoms with E-state index in [0.29, 0.717) is 11.1 Å². The number of para-hydroxylation sites is 1. The van der Waals surface area contributed by atoms with Crippen LogP contribution in [0.4, 0.5) is 4.39 Å². The first kappa shape index (κ1) is 11.9. The van der Waals surface area contributed by atoms with Crippen molar-refractivity contribution in [2.24, 2.45) is 0 Å². The van der Waals surface area contributed by atoms with Gasteiger partial charge in [0.2, 0.25) is 11.1 Å². The molecule has 0 radical (unpaired) electrons. The molecule has 0 N–H and O–H groups in total. The standard InChI is InChI=1S/C12H7ClFN3O2/c1-18-12-16-10(15-11(13)17-12)8-5-6-3-2-4-7(14)9(6)19-8/h2-5H,1H3. The fourth-order valence-electron chi connectivity index (χ4n) is 1.67. The highest BCUT2D eigenvalue weighted by Crippen LogP contribution is 2.28. The molecular weight excluding hydrogens is 273 g/mol. The van der Waals surface area contributed by atoms with Gasteiger partial charge in [-0.05, 0) is 23.7 Å². The third kappa shape index (κ3) is 2.10. The Kier molecular flexibility index (Phi) is 2.79. The van der Waals surface area contributed by atoms with Gasteiger partial charge in [-0.3, -0.25) is 0 Å². The van der Waals surface area contributed by atoms with Crippen LogP contribution in [0.5, 0.6) is 6.01 Å². The zero-order chi connectivity index (χ0) is 13.4. The molecule has 5 nitrogen and oxygen atoms in total. The van der Waals surface area contributed by atoms with E-state index in [1.165, 1.54) is 13.2 Å². The van der Waals surface area contributed by atoms with Crippen LogP contribution in [0.15, 0.2) is 28.7 Å². The van der Waals surface area contributed by atoms with Crippen molar-refractivity contribution in [1.82, 2.24) is 15.0 Å². The van der Waals surface area contributed by atoms with Gasteiger partial charge in [-0.2, -0.15) is 15.0 Å². The Bertz CT molecular complexity index is 760. The SMILES string of the molecule is COc1nc(Cl)nc(-c2cc3cccc(F)c3o2)n1. The Morgan fingerprint density at radius 1 is 1.26 bits per heavy atom. The van der Waals surface area contributed by atoms with Gasteiger partial charge in [-0.1, -0.05) is 12.1 Å². The number of fused-ring (bicyclic) bond motifs is 1. The Morgan fingerprint density at radius 3 is 2.84 bits per heavy atom. The van der Waals surface area contributed by atoms with Crippen LogP contribution < -0.4 is 4.74 Å². The number of nitrogens with zero attached hydrogens (tertiary/aromatic N) is 3. The Hall–Kier alpha value is -2.21. The average Bonchev–Trinajstić information content (AvgIpc) is 2.83. The molecule has 0 aliphatic heterocycles. The van der Waals surface area contributed by atoms with Crippen molar-refractivity contribution >= 4 is 22.6 Å². The summed E-state index contributed by atoms with van der Waals surface area (Å²) < 4.78 is 23.8. The number of ether oxygens (including phenoxy) is 1. The van der Waals surface area contributed by atoms with E-state index in [9.17, 15) is 4.39 Å². The van der Waals surface area contributed by atoms with Gasteiger partial charge in [0, 0.05) is 5.39 Å². The molecule has 3 rings (SSSR count). The molecule has 0 bridgehead atoms. The number of aromatic nitrogens is 3. The topological polar surface area (TPSA) is 61.0 Å². The van der Waals surface area contributed by atoms with Gasteiger partial charge in [-0.25, -0.2) is 4.39 Å². The summed E-state index contributed by atoms with van der Waals surface area (Å²) in [4.78, 5) is 11.7. The van der Waals surface area contributed by atoms with Crippen LogP contribution in [0.3, 0.4) is 0 Å². The largest absolute Gasteiger partial charge is 0.467 e. The molecule has 3 aromatic rings. The van der Waals surface area contributed by atoms with Crippen molar-refractivity contribution in [3.05, 3.63) is 35.4 Å². The second-order valence-corrected chi connectivity index (χ2v) is 4.02. The molecule has 0 aliphatic rings. The maximum absolute atomic E-state index is 13.5. The van der Waals surface area contributed by atoms with Crippen molar-refractivity contribution in [2.45, 2.75) is 0 Å². The van der Waals surface area contributed by atoms with Crippen LogP contribution in [0.25, 0.3) is 22.6 Å². The fourth-order valence-corrected chi connectivity index (χ4v) is 1.82. The number of methoxy groups -OCH3 is 1. The first-order valence-corrected chi connectivity index (χ1v) is 5.69. The Balaban J connectivity index is 2.19. The van der Waals surface area contributed by atoms with Crippen LogP contribution >= 0.6 is 11.6 Å². The fraction of sp³-hybridized carbons (Fsp3) is 0.0833. The lowest BCUT2D eigenvalue weighted by molar-refractivity contribution is 0.378. The number of furan rings is 1. The van der Waals surface area contributed by atoms with Crippen molar-refractivity contribution < 1.29 is 13.5 Å². The second-order valence-electron chi connectivity index (χ2n) is 3.68. The van der Waals surface area contributed by atoms with E-state index in [1.54, 1.807) is 18.2 Å². The normalized spacial score (nSPS) is 10.9. The molecule has 7 heteroatoms. The number of benzene rings is 1. The zero-order valence-corrected chi connectivity index (χ0v) is 10.5. The van der Waals surface area contributed by atoms with Crippen molar-refractivity contribution in [3.8, 4) is 17.6 Å². The lowest BCUT2D eigenvalue weighted by atomic mass is 10.2. The van der Waals surface area contributed by atoms with Crippen molar-refractivity contribution in [3.63, 3.8) is 0 Å². The molecule has 0 aliphatic carbocycles. The quantitative estimate of drug-likeness (QED) is 0.721. The number of hydrogen-bond acceptors (Lipinski definition) is 5. The van der Waals surface area contributed by atoms with Crippen molar-refractivity contribution in [1.29, 1.82) is 0 Å². The van der Waals surface area contributed by atoms with Gasteiger partial charge in [0.05, 0.1) is 7.11 Å². The van der Waals surface area contributed by atoms with Crippen LogP contribution in [-0.4, -0.2) is 22.1 Å². The molecule has 0 amide bonds. The molecule has 0 atom stereocenters. The first-order chi connectivity index (χ1) is 9.17. The molecule has 0 unspecified atom stereocenters. The summed E-state index contributed by atoms with van der Waals surface area (Å²) >= 11 is 5.75. The van der Waals surface area contributed by atoms with E-state index >= 15 is 0 Å². The lowest BCUT2D eigenvalue weighted by Crippen LogP contribution is -1.97. The van der Waals surface area contributed by atoms with E-state index in [1.807, 2.05) is 0 Å². The molecule has 0 saturated heterocycles. The van der Waals surface area contributed by atoms with E-state index < -0.39 is 5.82 Å². The second kappa shape index (κ2) is 4.47. The molecule has 96 valence electrons. The predicted octanol–water partition coefficient (Wildman–Crippen LogP) is 3.09. The minimum atomic E-state index is -0.448. The molecule has 0 spiro atoms. The van der Waals surface area contributed by atoms with Gasteiger partial charge in [-0.15, -0.1) is 0 Å². The predicted molar refractivity (Wildman–Crippen MR) is 66.6 cm³/mol. The van der Waals surface area contributed by atoms with Crippen LogP contribution in [-0.2, 0) is 0 Å². The van der Waals surface area contributed by atoms with Crippen LogP contribution in [0, 0.1) is 5.82 Å². The smallest absolute Gasteiger partial charge is 0.321 e. The lowest BCUT2D eigenvalue weighted by Gasteiger charge is -1.99. The van der Waals surface area contributed by atoms with Gasteiger partial charge in [0.1, 0.15) is 0 Å². The molecule has 0 fully saturated rings. The van der Waals surface area contributed by atoms with E-state index in [-0.39, 0.29) is 22.7 Å². The maximum atomic E-state index is 13.5.